The molecule has 6 heteroatoms. The Morgan fingerprint density at radius 1 is 1.16 bits per heavy atom. The third-order valence-electron chi connectivity index (χ3n) is 5.97. The number of hydrogen-bond donors (Lipinski definition) is 2. The van der Waals surface area contributed by atoms with Crippen LogP contribution >= 0.6 is 0 Å². The fourth-order valence-electron chi connectivity index (χ4n) is 4.74. The highest BCUT2D eigenvalue weighted by Gasteiger charge is 2.60. The van der Waals surface area contributed by atoms with Crippen LogP contribution in [0, 0.1) is 5.92 Å². The molecule has 1 aliphatic heterocycles. The summed E-state index contributed by atoms with van der Waals surface area (Å²) in [5.41, 5.74) is 1.15. The number of carbonyl (C=O) groups excluding carboxylic acids is 2. The summed E-state index contributed by atoms with van der Waals surface area (Å²) in [6.45, 7) is 2.93. The maximum Gasteiger partial charge on any atom is 0.329 e. The molecule has 2 heterocycles. The molecule has 3 unspecified atom stereocenters. The Balaban J connectivity index is 2.06. The van der Waals surface area contributed by atoms with E-state index in [2.05, 4.69) is 17.2 Å². The van der Waals surface area contributed by atoms with E-state index in [0.717, 1.165) is 23.0 Å². The van der Waals surface area contributed by atoms with Gasteiger partial charge in [-0.25, -0.2) is 0 Å². The summed E-state index contributed by atoms with van der Waals surface area (Å²) in [7, 11) is 2.63. The molecule has 132 valence electrons. The van der Waals surface area contributed by atoms with E-state index in [4.69, 9.17) is 9.47 Å². The van der Waals surface area contributed by atoms with Gasteiger partial charge in [0.25, 0.3) is 0 Å². The summed E-state index contributed by atoms with van der Waals surface area (Å²) in [5.74, 6) is -0.720. The minimum absolute atomic E-state index is 0.157. The molecule has 1 aromatic carbocycles. The van der Waals surface area contributed by atoms with Gasteiger partial charge in [0.1, 0.15) is 0 Å². The van der Waals surface area contributed by atoms with Crippen LogP contribution in [-0.2, 0) is 24.5 Å². The number of fused-ring (bicyclic) bond motifs is 5. The normalized spacial score (nSPS) is 26.8. The fraction of sp³-hybridized carbons (Fsp3) is 0.474. The molecule has 1 aliphatic carbocycles. The molecule has 1 fully saturated rings. The number of benzene rings is 1. The van der Waals surface area contributed by atoms with E-state index in [0.29, 0.717) is 12.1 Å². The Labute approximate surface area is 145 Å². The van der Waals surface area contributed by atoms with Gasteiger partial charge in [-0.1, -0.05) is 18.2 Å². The molecule has 3 atom stereocenters. The predicted octanol–water partition coefficient (Wildman–Crippen LogP) is 1.85. The minimum Gasteiger partial charge on any atom is -0.468 e. The van der Waals surface area contributed by atoms with Crippen molar-refractivity contribution >= 4 is 22.8 Å². The molecule has 0 amide bonds. The summed E-state index contributed by atoms with van der Waals surface area (Å²) >= 11 is 0. The Morgan fingerprint density at radius 3 is 2.52 bits per heavy atom. The first kappa shape index (κ1) is 16.1. The van der Waals surface area contributed by atoms with Crippen LogP contribution in [0.15, 0.2) is 24.3 Å². The van der Waals surface area contributed by atoms with Gasteiger partial charge in [-0.05, 0) is 30.9 Å². The lowest BCUT2D eigenvalue weighted by Crippen LogP contribution is -2.51. The molecule has 2 aliphatic rings. The number of aromatic nitrogens is 1. The molecule has 6 nitrogen and oxygen atoms in total. The average Bonchev–Trinajstić information content (AvgIpc) is 3.20. The second kappa shape index (κ2) is 5.59. The second-order valence-corrected chi connectivity index (χ2v) is 7.02. The molecule has 0 spiro atoms. The quantitative estimate of drug-likeness (QED) is 0.643. The molecule has 2 aromatic rings. The number of para-hydroxylation sites is 1. The van der Waals surface area contributed by atoms with Crippen molar-refractivity contribution in [3.8, 4) is 0 Å². The first-order valence-corrected chi connectivity index (χ1v) is 8.56. The van der Waals surface area contributed by atoms with Gasteiger partial charge in [0, 0.05) is 35.1 Å². The van der Waals surface area contributed by atoms with Crippen LogP contribution in [0.4, 0.5) is 0 Å². The number of ether oxygens (including phenoxy) is 2. The Morgan fingerprint density at radius 2 is 1.84 bits per heavy atom. The van der Waals surface area contributed by atoms with Gasteiger partial charge >= 0.3 is 11.9 Å². The number of aromatic amines is 1. The highest BCUT2D eigenvalue weighted by atomic mass is 16.5. The van der Waals surface area contributed by atoms with Crippen LogP contribution in [0.1, 0.15) is 30.5 Å². The number of methoxy groups -OCH3 is 2. The molecule has 1 saturated heterocycles. The molecular formula is C19H22N2O4. The van der Waals surface area contributed by atoms with Gasteiger partial charge in [-0.3, -0.25) is 9.59 Å². The standard InChI is InChI=1S/C19H22N2O4/c1-10-12-8-19(17(22)24-2,18(23)25-3)16-15(13(12)9-20-10)11-6-4-5-7-14(11)21-16/h4-7,10,12-13,20-21H,8-9H2,1-3H3. The molecule has 0 bridgehead atoms. The third-order valence-corrected chi connectivity index (χ3v) is 5.97. The molecule has 0 radical (unpaired) electrons. The molecule has 2 N–H and O–H groups in total. The highest BCUT2D eigenvalue weighted by molar-refractivity contribution is 6.08. The van der Waals surface area contributed by atoms with Gasteiger partial charge in [-0.15, -0.1) is 0 Å². The third kappa shape index (κ3) is 2.00. The second-order valence-electron chi connectivity index (χ2n) is 7.02. The van der Waals surface area contributed by atoms with E-state index in [1.54, 1.807) is 0 Å². The molecule has 1 aromatic heterocycles. The zero-order valence-electron chi connectivity index (χ0n) is 14.6. The van der Waals surface area contributed by atoms with E-state index in [9.17, 15) is 9.59 Å². The lowest BCUT2D eigenvalue weighted by atomic mass is 9.63. The highest BCUT2D eigenvalue weighted by Crippen LogP contribution is 2.52. The lowest BCUT2D eigenvalue weighted by Gasteiger charge is -2.39. The lowest BCUT2D eigenvalue weighted by molar-refractivity contribution is -0.164. The van der Waals surface area contributed by atoms with E-state index in [-0.39, 0.29) is 17.9 Å². The summed E-state index contributed by atoms with van der Waals surface area (Å²) < 4.78 is 10.1. The number of hydrogen-bond acceptors (Lipinski definition) is 5. The van der Waals surface area contributed by atoms with Gasteiger partial charge in [0.2, 0.25) is 5.41 Å². The van der Waals surface area contributed by atoms with E-state index in [1.807, 2.05) is 24.3 Å². The van der Waals surface area contributed by atoms with E-state index in [1.165, 1.54) is 14.2 Å². The fourth-order valence-corrected chi connectivity index (χ4v) is 4.74. The first-order chi connectivity index (χ1) is 12.0. The summed E-state index contributed by atoms with van der Waals surface area (Å²) in [6, 6.07) is 8.13. The van der Waals surface area contributed by atoms with Crippen LogP contribution in [0.25, 0.3) is 10.9 Å². The van der Waals surface area contributed by atoms with Crippen LogP contribution in [0.5, 0.6) is 0 Å². The number of esters is 2. The van der Waals surface area contributed by atoms with Crippen LogP contribution in [0.3, 0.4) is 0 Å². The SMILES string of the molecule is COC(=O)C1(C(=O)OC)CC2C(C)NCC2c2c1[nH]c1ccccc21. The van der Waals surface area contributed by atoms with Crippen molar-refractivity contribution in [3.05, 3.63) is 35.5 Å². The van der Waals surface area contributed by atoms with Crippen molar-refractivity contribution < 1.29 is 19.1 Å². The zero-order chi connectivity index (χ0) is 17.8. The number of nitrogens with one attached hydrogen (secondary N) is 2. The Hall–Kier alpha value is -2.34. The van der Waals surface area contributed by atoms with Crippen molar-refractivity contribution in [3.63, 3.8) is 0 Å². The summed E-state index contributed by atoms with van der Waals surface area (Å²) in [5, 5.41) is 4.55. The van der Waals surface area contributed by atoms with E-state index < -0.39 is 17.4 Å². The van der Waals surface area contributed by atoms with Crippen molar-refractivity contribution in [1.29, 1.82) is 0 Å². The number of H-pyrrole nitrogens is 1. The van der Waals surface area contributed by atoms with Crippen molar-refractivity contribution in [2.75, 3.05) is 20.8 Å². The van der Waals surface area contributed by atoms with Crippen LogP contribution in [0.2, 0.25) is 0 Å². The van der Waals surface area contributed by atoms with Gasteiger partial charge < -0.3 is 19.8 Å². The van der Waals surface area contributed by atoms with Crippen LogP contribution < -0.4 is 5.32 Å². The number of rotatable bonds is 2. The van der Waals surface area contributed by atoms with Gasteiger partial charge in [-0.2, -0.15) is 0 Å². The van der Waals surface area contributed by atoms with Crippen molar-refractivity contribution in [1.82, 2.24) is 10.3 Å². The average molecular weight is 342 g/mol. The largest absolute Gasteiger partial charge is 0.468 e. The Kier molecular flexibility index (Phi) is 3.61. The summed E-state index contributed by atoms with van der Waals surface area (Å²) in [6.07, 6.45) is 0.380. The van der Waals surface area contributed by atoms with E-state index >= 15 is 0 Å². The van der Waals surface area contributed by atoms with Crippen molar-refractivity contribution in [2.24, 2.45) is 5.92 Å². The van der Waals surface area contributed by atoms with Gasteiger partial charge in [0.15, 0.2) is 0 Å². The minimum atomic E-state index is -1.45. The smallest absolute Gasteiger partial charge is 0.329 e. The Bertz CT molecular complexity index is 840. The van der Waals surface area contributed by atoms with Crippen molar-refractivity contribution in [2.45, 2.75) is 30.7 Å². The summed E-state index contributed by atoms with van der Waals surface area (Å²) in [4.78, 5) is 29.1. The maximum absolute atomic E-state index is 12.9. The zero-order valence-corrected chi connectivity index (χ0v) is 14.6. The van der Waals surface area contributed by atoms with Gasteiger partial charge in [0.05, 0.1) is 14.2 Å². The molecule has 25 heavy (non-hydrogen) atoms. The van der Waals surface area contributed by atoms with Crippen LogP contribution in [-0.4, -0.2) is 43.7 Å². The maximum atomic E-state index is 12.9. The molecular weight excluding hydrogens is 320 g/mol. The molecule has 0 saturated carbocycles. The first-order valence-electron chi connectivity index (χ1n) is 8.56. The predicted molar refractivity (Wildman–Crippen MR) is 92.3 cm³/mol. The monoisotopic (exact) mass is 342 g/mol. The number of carbonyl (C=O) groups is 2. The topological polar surface area (TPSA) is 80.4 Å². The molecule has 4 rings (SSSR count).